The second-order valence-electron chi connectivity index (χ2n) is 4.96. The van der Waals surface area contributed by atoms with Gasteiger partial charge in [-0.25, -0.2) is 8.42 Å². The molecular weight excluding hydrogens is 338 g/mol. The Bertz CT molecular complexity index is 607. The Labute approximate surface area is 132 Å². The summed E-state index contributed by atoms with van der Waals surface area (Å²) in [5.74, 6) is -1.20. The number of aliphatic hydroxyl groups excluding tert-OH is 1. The number of rotatable bonds is 5. The van der Waals surface area contributed by atoms with Gasteiger partial charge in [0.1, 0.15) is 10.8 Å². The van der Waals surface area contributed by atoms with Crippen molar-refractivity contribution in [3.8, 4) is 0 Å². The van der Waals surface area contributed by atoms with Gasteiger partial charge in [-0.2, -0.15) is 4.31 Å². The van der Waals surface area contributed by atoms with Crippen LogP contribution in [0.2, 0.25) is 4.34 Å². The predicted octanol–water partition coefficient (Wildman–Crippen LogP) is 1.78. The molecule has 0 aromatic carbocycles. The number of hydrogen-bond donors (Lipinski definition) is 2. The maximum Gasteiger partial charge on any atom is 0.318 e. The van der Waals surface area contributed by atoms with Gasteiger partial charge in [0.25, 0.3) is 10.0 Å². The molecule has 2 rings (SSSR count). The number of nitrogens with zero attached hydrogens (tertiary/aromatic N) is 1. The number of aliphatic carboxylic acids is 1. The Morgan fingerprint density at radius 3 is 2.43 bits per heavy atom. The number of aliphatic hydroxyl groups is 1. The van der Waals surface area contributed by atoms with Crippen molar-refractivity contribution >= 4 is 38.9 Å². The van der Waals surface area contributed by atoms with Crippen LogP contribution in [0.15, 0.2) is 16.3 Å². The van der Waals surface area contributed by atoms with E-state index in [0.29, 0.717) is 30.0 Å². The molecule has 0 bridgehead atoms. The lowest BCUT2D eigenvalue weighted by Crippen LogP contribution is -2.45. The quantitative estimate of drug-likeness (QED) is 0.841. The molecule has 0 radical (unpaired) electrons. The molecule has 0 spiro atoms. The third-order valence-electron chi connectivity index (χ3n) is 3.48. The van der Waals surface area contributed by atoms with E-state index in [1.54, 1.807) is 0 Å². The van der Waals surface area contributed by atoms with E-state index in [4.69, 9.17) is 16.7 Å². The number of carbonyl (C=O) groups is 1. The van der Waals surface area contributed by atoms with Crippen LogP contribution in [0.4, 0.5) is 0 Å². The topological polar surface area (TPSA) is 94.9 Å². The van der Waals surface area contributed by atoms with E-state index in [-0.39, 0.29) is 4.21 Å². The first kappa shape index (κ1) is 16.7. The zero-order valence-corrected chi connectivity index (χ0v) is 13.5. The fourth-order valence-electron chi connectivity index (χ4n) is 2.44. The highest BCUT2D eigenvalue weighted by atomic mass is 35.5. The number of carboxylic acids is 1. The van der Waals surface area contributed by atoms with E-state index < -0.39 is 34.7 Å². The Balaban J connectivity index is 2.29. The van der Waals surface area contributed by atoms with E-state index in [9.17, 15) is 18.3 Å². The highest BCUT2D eigenvalue weighted by molar-refractivity contribution is 7.91. The van der Waals surface area contributed by atoms with Gasteiger partial charge in [0, 0.05) is 6.04 Å². The Morgan fingerprint density at radius 1 is 1.33 bits per heavy atom. The van der Waals surface area contributed by atoms with Crippen molar-refractivity contribution in [2.45, 2.75) is 42.0 Å². The molecule has 1 fully saturated rings. The lowest BCUT2D eigenvalue weighted by atomic mass is 9.93. The van der Waals surface area contributed by atoms with Gasteiger partial charge < -0.3 is 10.2 Å². The minimum Gasteiger partial charge on any atom is -0.480 e. The zero-order valence-electron chi connectivity index (χ0n) is 11.1. The highest BCUT2D eigenvalue weighted by Crippen LogP contribution is 2.32. The first-order valence-electron chi connectivity index (χ1n) is 6.47. The minimum absolute atomic E-state index is 0.0415. The van der Waals surface area contributed by atoms with Crippen LogP contribution in [-0.2, 0) is 14.8 Å². The maximum absolute atomic E-state index is 12.6. The molecule has 0 aliphatic heterocycles. The van der Waals surface area contributed by atoms with Crippen molar-refractivity contribution < 1.29 is 23.4 Å². The van der Waals surface area contributed by atoms with E-state index in [1.165, 1.54) is 12.1 Å². The maximum atomic E-state index is 12.6. The van der Waals surface area contributed by atoms with Crippen molar-refractivity contribution in [3.63, 3.8) is 0 Å². The molecule has 1 aromatic rings. The third-order valence-corrected chi connectivity index (χ3v) is 7.07. The summed E-state index contributed by atoms with van der Waals surface area (Å²) in [5.41, 5.74) is 0. The number of thiophene rings is 1. The van der Waals surface area contributed by atoms with Crippen LogP contribution in [0.5, 0.6) is 0 Å². The van der Waals surface area contributed by atoms with Crippen LogP contribution >= 0.6 is 22.9 Å². The van der Waals surface area contributed by atoms with Crippen molar-refractivity contribution in [3.05, 3.63) is 16.5 Å². The summed E-state index contributed by atoms with van der Waals surface area (Å²) in [6.45, 7) is -0.585. The lowest BCUT2D eigenvalue weighted by Gasteiger charge is -2.33. The van der Waals surface area contributed by atoms with Gasteiger partial charge in [-0.15, -0.1) is 11.3 Å². The van der Waals surface area contributed by atoms with E-state index >= 15 is 0 Å². The number of sulfonamides is 1. The molecule has 9 heteroatoms. The molecule has 21 heavy (non-hydrogen) atoms. The summed E-state index contributed by atoms with van der Waals surface area (Å²) >= 11 is 6.68. The van der Waals surface area contributed by atoms with Crippen LogP contribution < -0.4 is 0 Å². The third kappa shape index (κ3) is 3.95. The van der Waals surface area contributed by atoms with Crippen molar-refractivity contribution in [1.29, 1.82) is 0 Å². The molecule has 1 aliphatic rings. The van der Waals surface area contributed by atoms with Gasteiger partial charge in [-0.3, -0.25) is 4.79 Å². The summed E-state index contributed by atoms with van der Waals surface area (Å²) in [7, 11) is -3.89. The van der Waals surface area contributed by atoms with Gasteiger partial charge in [0.15, 0.2) is 0 Å². The average molecular weight is 354 g/mol. The van der Waals surface area contributed by atoms with Crippen LogP contribution in [0.1, 0.15) is 25.7 Å². The van der Waals surface area contributed by atoms with Gasteiger partial charge in [0.05, 0.1) is 10.4 Å². The van der Waals surface area contributed by atoms with Crippen LogP contribution in [-0.4, -0.2) is 47.6 Å². The molecule has 1 heterocycles. The summed E-state index contributed by atoms with van der Waals surface area (Å²) in [6.07, 6.45) is 1.41. The summed E-state index contributed by atoms with van der Waals surface area (Å²) in [6, 6.07) is 2.45. The first-order chi connectivity index (χ1) is 9.80. The molecule has 1 aliphatic carbocycles. The van der Waals surface area contributed by atoms with Gasteiger partial charge in [0.2, 0.25) is 0 Å². The van der Waals surface area contributed by atoms with Crippen molar-refractivity contribution in [2.75, 3.05) is 6.54 Å². The molecule has 0 atom stereocenters. The zero-order chi connectivity index (χ0) is 15.6. The predicted molar refractivity (Wildman–Crippen MR) is 79.1 cm³/mol. The Morgan fingerprint density at radius 2 is 1.95 bits per heavy atom. The second kappa shape index (κ2) is 6.62. The minimum atomic E-state index is -3.89. The fourth-order valence-corrected chi connectivity index (χ4v) is 5.69. The number of hydrogen-bond acceptors (Lipinski definition) is 5. The number of carboxylic acid groups (broad SMARTS) is 1. The smallest absolute Gasteiger partial charge is 0.318 e. The Hall–Kier alpha value is -0.670. The SMILES string of the molecule is O=C(O)CN(C1CCC(O)CC1)S(=O)(=O)c1ccc(Cl)s1. The van der Waals surface area contributed by atoms with Crippen molar-refractivity contribution in [2.24, 2.45) is 0 Å². The van der Waals surface area contributed by atoms with Gasteiger partial charge in [-0.05, 0) is 37.8 Å². The lowest BCUT2D eigenvalue weighted by molar-refractivity contribution is -0.137. The molecule has 1 saturated carbocycles. The highest BCUT2D eigenvalue weighted by Gasteiger charge is 2.36. The second-order valence-corrected chi connectivity index (χ2v) is 8.80. The molecule has 6 nitrogen and oxygen atoms in total. The van der Waals surface area contributed by atoms with Crippen LogP contribution in [0.25, 0.3) is 0 Å². The summed E-state index contributed by atoms with van der Waals surface area (Å²) in [4.78, 5) is 11.0. The summed E-state index contributed by atoms with van der Waals surface area (Å²) in [5, 5.41) is 18.5. The van der Waals surface area contributed by atoms with E-state index in [0.717, 1.165) is 15.6 Å². The van der Waals surface area contributed by atoms with E-state index in [2.05, 4.69) is 0 Å². The summed E-state index contributed by atoms with van der Waals surface area (Å²) < 4.78 is 26.6. The van der Waals surface area contributed by atoms with Crippen LogP contribution in [0.3, 0.4) is 0 Å². The van der Waals surface area contributed by atoms with E-state index in [1.807, 2.05) is 0 Å². The normalized spacial score (nSPS) is 23.4. The molecular formula is C12H16ClNO5S2. The molecule has 0 amide bonds. The molecule has 0 unspecified atom stereocenters. The molecule has 0 saturated heterocycles. The Kier molecular flexibility index (Phi) is 5.26. The average Bonchev–Trinajstić information content (AvgIpc) is 2.84. The fraction of sp³-hybridized carbons (Fsp3) is 0.583. The monoisotopic (exact) mass is 353 g/mol. The number of halogens is 1. The molecule has 2 N–H and O–H groups in total. The van der Waals surface area contributed by atoms with Gasteiger partial charge >= 0.3 is 5.97 Å². The largest absolute Gasteiger partial charge is 0.480 e. The molecule has 1 aromatic heterocycles. The standard InChI is InChI=1S/C12H16ClNO5S2/c13-10-5-6-12(20-10)21(18,19)14(7-11(16)17)8-1-3-9(15)4-2-8/h5-6,8-9,15H,1-4,7H2,(H,16,17). The van der Waals surface area contributed by atoms with Crippen LogP contribution in [0, 0.1) is 0 Å². The van der Waals surface area contributed by atoms with Gasteiger partial charge in [-0.1, -0.05) is 11.6 Å². The van der Waals surface area contributed by atoms with Crippen molar-refractivity contribution in [1.82, 2.24) is 4.31 Å². The first-order valence-corrected chi connectivity index (χ1v) is 9.11. The molecule has 118 valence electrons.